The van der Waals surface area contributed by atoms with Gasteiger partial charge in [-0.25, -0.2) is 4.99 Å². The Morgan fingerprint density at radius 1 is 1.12 bits per heavy atom. The summed E-state index contributed by atoms with van der Waals surface area (Å²) in [6, 6.07) is 0.727. The molecule has 0 aromatic rings. The minimum absolute atomic E-state index is 0. The van der Waals surface area contributed by atoms with Gasteiger partial charge in [0.1, 0.15) is 6.54 Å². The third-order valence-corrected chi connectivity index (χ3v) is 5.15. The van der Waals surface area contributed by atoms with Gasteiger partial charge in [-0.15, -0.1) is 24.0 Å². The number of likely N-dealkylation sites (N-methyl/N-ethyl adjacent to an activating group) is 1. The molecule has 3 fully saturated rings. The number of carbonyl (C=O) groups is 1. The van der Waals surface area contributed by atoms with Crippen LogP contribution in [0.1, 0.15) is 44.9 Å². The highest BCUT2D eigenvalue weighted by molar-refractivity contribution is 14.0. The largest absolute Gasteiger partial charge is 0.354 e. The number of aliphatic imine (C=N–C) groups is 1. The standard InChI is InChI=1S/C17H30N4O3.HI/c1-21(2)15(22)12-18-16(19-13-5-3-4-6-13)20-14-7-8-17(11-14)23-9-10-24-17;/h13-14H,3-12H2,1-2H3,(H2,18,19,20);1H. The lowest BCUT2D eigenvalue weighted by molar-refractivity contribution is -0.151. The van der Waals surface area contributed by atoms with Crippen molar-refractivity contribution in [2.45, 2.75) is 62.8 Å². The van der Waals surface area contributed by atoms with E-state index in [9.17, 15) is 4.79 Å². The Morgan fingerprint density at radius 2 is 1.76 bits per heavy atom. The van der Waals surface area contributed by atoms with Crippen LogP contribution in [0.3, 0.4) is 0 Å². The van der Waals surface area contributed by atoms with Gasteiger partial charge < -0.3 is 25.0 Å². The fraction of sp³-hybridized carbons (Fsp3) is 0.882. The van der Waals surface area contributed by atoms with E-state index >= 15 is 0 Å². The first-order valence-electron chi connectivity index (χ1n) is 9.12. The van der Waals surface area contributed by atoms with Gasteiger partial charge in [0.05, 0.1) is 13.2 Å². The Balaban J connectivity index is 0.00000225. The number of amides is 1. The summed E-state index contributed by atoms with van der Waals surface area (Å²) in [4.78, 5) is 17.9. The van der Waals surface area contributed by atoms with Gasteiger partial charge in [-0.3, -0.25) is 4.79 Å². The van der Waals surface area contributed by atoms with Crippen molar-refractivity contribution in [3.05, 3.63) is 0 Å². The first-order chi connectivity index (χ1) is 11.6. The molecular weight excluding hydrogens is 435 g/mol. The first kappa shape index (κ1) is 20.7. The fourth-order valence-corrected chi connectivity index (χ4v) is 3.73. The summed E-state index contributed by atoms with van der Waals surface area (Å²) in [5.41, 5.74) is 0. The summed E-state index contributed by atoms with van der Waals surface area (Å²) < 4.78 is 11.6. The number of nitrogens with zero attached hydrogens (tertiary/aromatic N) is 2. The van der Waals surface area contributed by atoms with E-state index in [2.05, 4.69) is 15.6 Å². The van der Waals surface area contributed by atoms with E-state index in [0.717, 1.165) is 25.2 Å². The van der Waals surface area contributed by atoms with Crippen molar-refractivity contribution in [3.63, 3.8) is 0 Å². The number of carbonyl (C=O) groups excluding carboxylic acids is 1. The molecule has 1 aliphatic heterocycles. The molecule has 2 saturated carbocycles. The molecule has 1 saturated heterocycles. The molecule has 8 heteroatoms. The molecule has 1 heterocycles. The zero-order valence-electron chi connectivity index (χ0n) is 15.3. The molecule has 144 valence electrons. The summed E-state index contributed by atoms with van der Waals surface area (Å²) in [6.07, 6.45) is 7.60. The van der Waals surface area contributed by atoms with E-state index < -0.39 is 5.79 Å². The maximum Gasteiger partial charge on any atom is 0.243 e. The molecule has 0 radical (unpaired) electrons. The normalized spacial score (nSPS) is 25.8. The SMILES string of the molecule is CN(C)C(=O)CN=C(NC1CCCC1)NC1CCC2(C1)OCCO2.I. The molecule has 1 atom stereocenters. The van der Waals surface area contributed by atoms with Crippen LogP contribution < -0.4 is 10.6 Å². The molecule has 2 N–H and O–H groups in total. The van der Waals surface area contributed by atoms with Crippen LogP contribution in [0.2, 0.25) is 0 Å². The van der Waals surface area contributed by atoms with Gasteiger partial charge in [0.15, 0.2) is 11.7 Å². The molecule has 1 spiro atoms. The Kier molecular flexibility index (Phi) is 7.75. The van der Waals surface area contributed by atoms with E-state index in [1.54, 1.807) is 19.0 Å². The number of nitrogens with one attached hydrogen (secondary N) is 2. The number of hydrogen-bond acceptors (Lipinski definition) is 4. The van der Waals surface area contributed by atoms with Crippen LogP contribution in [0.4, 0.5) is 0 Å². The second-order valence-electron chi connectivity index (χ2n) is 7.27. The Bertz CT molecular complexity index is 475. The monoisotopic (exact) mass is 466 g/mol. The molecular formula is C17H31IN4O3. The number of ether oxygens (including phenoxy) is 2. The summed E-state index contributed by atoms with van der Waals surface area (Å²) in [5.74, 6) is 0.361. The van der Waals surface area contributed by atoms with Crippen molar-refractivity contribution in [1.29, 1.82) is 0 Å². The quantitative estimate of drug-likeness (QED) is 0.373. The summed E-state index contributed by atoms with van der Waals surface area (Å²) in [6.45, 7) is 1.54. The van der Waals surface area contributed by atoms with E-state index in [1.807, 2.05) is 0 Å². The van der Waals surface area contributed by atoms with Gasteiger partial charge >= 0.3 is 0 Å². The molecule has 3 rings (SSSR count). The van der Waals surface area contributed by atoms with Crippen molar-refractivity contribution in [3.8, 4) is 0 Å². The van der Waals surface area contributed by atoms with Gasteiger partial charge in [-0.1, -0.05) is 12.8 Å². The van der Waals surface area contributed by atoms with Crippen LogP contribution in [-0.4, -0.2) is 68.5 Å². The summed E-state index contributed by atoms with van der Waals surface area (Å²) in [5, 5.41) is 7.00. The van der Waals surface area contributed by atoms with Gasteiger partial charge in [0.2, 0.25) is 5.91 Å². The number of hydrogen-bond donors (Lipinski definition) is 2. The molecule has 7 nitrogen and oxygen atoms in total. The average molecular weight is 466 g/mol. The highest BCUT2D eigenvalue weighted by Gasteiger charge is 2.44. The van der Waals surface area contributed by atoms with E-state index in [0.29, 0.717) is 19.3 Å². The second-order valence-corrected chi connectivity index (χ2v) is 7.27. The fourth-order valence-electron chi connectivity index (χ4n) is 3.73. The third kappa shape index (κ3) is 5.68. The van der Waals surface area contributed by atoms with Crippen LogP contribution in [0.15, 0.2) is 4.99 Å². The molecule has 3 aliphatic rings. The van der Waals surface area contributed by atoms with E-state index in [-0.39, 0.29) is 42.5 Å². The predicted octanol–water partition coefficient (Wildman–Crippen LogP) is 1.47. The van der Waals surface area contributed by atoms with Crippen LogP contribution in [0.5, 0.6) is 0 Å². The highest BCUT2D eigenvalue weighted by atomic mass is 127. The topological polar surface area (TPSA) is 75.2 Å². The van der Waals surface area contributed by atoms with E-state index in [1.165, 1.54) is 25.7 Å². The number of rotatable bonds is 4. The van der Waals surface area contributed by atoms with E-state index in [4.69, 9.17) is 9.47 Å². The van der Waals surface area contributed by atoms with Crippen molar-refractivity contribution >= 4 is 35.8 Å². The van der Waals surface area contributed by atoms with Crippen molar-refractivity contribution < 1.29 is 14.3 Å². The van der Waals surface area contributed by atoms with Crippen LogP contribution >= 0.6 is 24.0 Å². The second kappa shape index (κ2) is 9.36. The highest BCUT2D eigenvalue weighted by Crippen LogP contribution is 2.37. The minimum Gasteiger partial charge on any atom is -0.354 e. The Labute approximate surface area is 167 Å². The van der Waals surface area contributed by atoms with Gasteiger partial charge in [0, 0.05) is 39.0 Å². The maximum absolute atomic E-state index is 11.8. The predicted molar refractivity (Wildman–Crippen MR) is 107 cm³/mol. The van der Waals surface area contributed by atoms with Crippen molar-refractivity contribution in [2.75, 3.05) is 33.9 Å². The molecule has 1 unspecified atom stereocenters. The Morgan fingerprint density at radius 3 is 2.40 bits per heavy atom. The van der Waals surface area contributed by atoms with Crippen LogP contribution in [0, 0.1) is 0 Å². The van der Waals surface area contributed by atoms with Crippen molar-refractivity contribution in [2.24, 2.45) is 4.99 Å². The molecule has 1 amide bonds. The zero-order valence-corrected chi connectivity index (χ0v) is 17.6. The molecule has 2 aliphatic carbocycles. The zero-order chi connectivity index (χ0) is 17.0. The molecule has 0 aromatic heterocycles. The summed E-state index contributed by atoms with van der Waals surface area (Å²) >= 11 is 0. The average Bonchev–Trinajstić information content (AvgIpc) is 3.29. The smallest absolute Gasteiger partial charge is 0.243 e. The lowest BCUT2D eigenvalue weighted by Gasteiger charge is -2.24. The Hall–Kier alpha value is -0.610. The van der Waals surface area contributed by atoms with Crippen molar-refractivity contribution in [1.82, 2.24) is 15.5 Å². The van der Waals surface area contributed by atoms with Crippen LogP contribution in [-0.2, 0) is 14.3 Å². The van der Waals surface area contributed by atoms with Gasteiger partial charge in [0.25, 0.3) is 0 Å². The van der Waals surface area contributed by atoms with Crippen LogP contribution in [0.25, 0.3) is 0 Å². The first-order valence-corrected chi connectivity index (χ1v) is 9.12. The maximum atomic E-state index is 11.8. The molecule has 25 heavy (non-hydrogen) atoms. The lowest BCUT2D eigenvalue weighted by atomic mass is 10.2. The molecule has 0 bridgehead atoms. The molecule has 0 aromatic carbocycles. The number of halogens is 1. The third-order valence-electron chi connectivity index (χ3n) is 5.15. The lowest BCUT2D eigenvalue weighted by Crippen LogP contribution is -2.47. The van der Waals surface area contributed by atoms with Gasteiger partial charge in [-0.05, 0) is 19.3 Å². The number of guanidine groups is 1. The van der Waals surface area contributed by atoms with Gasteiger partial charge in [-0.2, -0.15) is 0 Å². The minimum atomic E-state index is -0.393. The summed E-state index contributed by atoms with van der Waals surface area (Å²) in [7, 11) is 3.51.